The van der Waals surface area contributed by atoms with Crippen LogP contribution < -0.4 is 0 Å². The van der Waals surface area contributed by atoms with Gasteiger partial charge in [0.2, 0.25) is 5.72 Å². The Bertz CT molecular complexity index is 734. The zero-order chi connectivity index (χ0) is 15.9. The highest BCUT2D eigenvalue weighted by Gasteiger charge is 2.55. The monoisotopic (exact) mass is 364 g/mol. The standard InChI is InChI=1S/C18H20N2O2S.ClH/c1-13-9-10-15(22-13)18(21)16(14-7-3-2-4-8-14)23-17-19-11-5-6-12-20(17)18;/h2-4,7-10,16,21H,5-6,11-12H2,1H3;1H. The van der Waals surface area contributed by atoms with E-state index in [1.165, 1.54) is 0 Å². The minimum atomic E-state index is -1.19. The molecule has 128 valence electrons. The van der Waals surface area contributed by atoms with Crippen LogP contribution in [0.5, 0.6) is 0 Å². The Labute approximate surface area is 152 Å². The molecule has 0 bridgehead atoms. The number of rotatable bonds is 2. The first-order valence-corrected chi connectivity index (χ1v) is 8.90. The smallest absolute Gasteiger partial charge is 0.216 e. The molecule has 1 N–H and O–H groups in total. The van der Waals surface area contributed by atoms with Crippen molar-refractivity contribution >= 4 is 29.3 Å². The highest BCUT2D eigenvalue weighted by molar-refractivity contribution is 8.14. The Hall–Kier alpha value is -1.43. The Morgan fingerprint density at radius 3 is 2.71 bits per heavy atom. The fourth-order valence-electron chi connectivity index (χ4n) is 3.31. The average Bonchev–Trinajstić information content (AvgIpc) is 3.02. The van der Waals surface area contributed by atoms with Gasteiger partial charge in [0.15, 0.2) is 10.9 Å². The van der Waals surface area contributed by atoms with Crippen molar-refractivity contribution in [2.75, 3.05) is 13.1 Å². The Balaban J connectivity index is 0.00000169. The fourth-order valence-corrected chi connectivity index (χ4v) is 4.74. The van der Waals surface area contributed by atoms with Crippen molar-refractivity contribution in [1.82, 2.24) is 4.90 Å². The van der Waals surface area contributed by atoms with Crippen LogP contribution in [0, 0.1) is 6.92 Å². The lowest BCUT2D eigenvalue weighted by Crippen LogP contribution is -2.46. The molecule has 2 aromatic rings. The number of benzene rings is 1. The molecule has 0 radical (unpaired) electrons. The predicted molar refractivity (Wildman–Crippen MR) is 99.6 cm³/mol. The van der Waals surface area contributed by atoms with Crippen LogP contribution in [0.4, 0.5) is 0 Å². The van der Waals surface area contributed by atoms with Crippen molar-refractivity contribution < 1.29 is 9.52 Å². The van der Waals surface area contributed by atoms with Crippen molar-refractivity contribution in [3.8, 4) is 0 Å². The maximum atomic E-state index is 11.7. The highest BCUT2D eigenvalue weighted by atomic mass is 35.5. The van der Waals surface area contributed by atoms with Gasteiger partial charge in [0.05, 0.1) is 5.25 Å². The minimum absolute atomic E-state index is 0. The fraction of sp³-hybridized carbons (Fsp3) is 0.389. The molecule has 2 aliphatic rings. The van der Waals surface area contributed by atoms with E-state index in [2.05, 4.69) is 12.1 Å². The summed E-state index contributed by atoms with van der Waals surface area (Å²) in [5.74, 6) is 1.41. The number of hydrogen-bond donors (Lipinski definition) is 1. The van der Waals surface area contributed by atoms with Crippen LogP contribution in [-0.4, -0.2) is 28.3 Å². The van der Waals surface area contributed by atoms with Crippen LogP contribution in [0.15, 0.2) is 51.9 Å². The van der Waals surface area contributed by atoms with Crippen LogP contribution in [0.2, 0.25) is 0 Å². The Morgan fingerprint density at radius 2 is 2.00 bits per heavy atom. The molecule has 2 atom stereocenters. The van der Waals surface area contributed by atoms with Gasteiger partial charge < -0.3 is 14.4 Å². The van der Waals surface area contributed by atoms with Crippen molar-refractivity contribution in [2.24, 2.45) is 4.99 Å². The van der Waals surface area contributed by atoms with Gasteiger partial charge in [-0.3, -0.25) is 4.99 Å². The lowest BCUT2D eigenvalue weighted by Gasteiger charge is -2.35. The quantitative estimate of drug-likeness (QED) is 0.871. The third-order valence-corrected chi connectivity index (χ3v) is 5.87. The molecular weight excluding hydrogens is 344 g/mol. The van der Waals surface area contributed by atoms with Gasteiger partial charge in [-0.25, -0.2) is 0 Å². The van der Waals surface area contributed by atoms with Crippen molar-refractivity contribution in [3.05, 3.63) is 59.5 Å². The number of aliphatic hydroxyl groups is 1. The zero-order valence-electron chi connectivity index (χ0n) is 13.5. The van der Waals surface area contributed by atoms with Gasteiger partial charge in [-0.2, -0.15) is 0 Å². The molecule has 2 aliphatic heterocycles. The summed E-state index contributed by atoms with van der Waals surface area (Å²) in [7, 11) is 0. The van der Waals surface area contributed by atoms with Crippen LogP contribution in [0.3, 0.4) is 0 Å². The molecule has 0 amide bonds. The number of halogens is 1. The zero-order valence-corrected chi connectivity index (χ0v) is 15.1. The Morgan fingerprint density at radius 1 is 1.21 bits per heavy atom. The number of furan rings is 1. The van der Waals surface area contributed by atoms with E-state index in [1.54, 1.807) is 11.8 Å². The second-order valence-electron chi connectivity index (χ2n) is 6.07. The molecule has 24 heavy (non-hydrogen) atoms. The van der Waals surface area contributed by atoms with Gasteiger partial charge in [0, 0.05) is 13.1 Å². The number of thioether (sulfide) groups is 1. The molecule has 2 unspecified atom stereocenters. The van der Waals surface area contributed by atoms with Gasteiger partial charge in [-0.1, -0.05) is 42.1 Å². The molecule has 1 aromatic carbocycles. The molecule has 0 spiro atoms. The van der Waals surface area contributed by atoms with Gasteiger partial charge >= 0.3 is 0 Å². The van der Waals surface area contributed by atoms with E-state index in [0.29, 0.717) is 5.76 Å². The highest BCUT2D eigenvalue weighted by Crippen LogP contribution is 2.54. The maximum absolute atomic E-state index is 11.7. The Kier molecular flexibility index (Phi) is 4.95. The number of nitrogens with zero attached hydrogens (tertiary/aromatic N) is 2. The summed E-state index contributed by atoms with van der Waals surface area (Å²) in [6.45, 7) is 3.53. The summed E-state index contributed by atoms with van der Waals surface area (Å²) in [4.78, 5) is 6.72. The lowest BCUT2D eigenvalue weighted by molar-refractivity contribution is -0.0879. The lowest BCUT2D eigenvalue weighted by atomic mass is 9.97. The second kappa shape index (κ2) is 6.82. The van der Waals surface area contributed by atoms with Gasteiger partial charge in [0.25, 0.3) is 0 Å². The van der Waals surface area contributed by atoms with E-state index in [0.717, 1.165) is 42.4 Å². The van der Waals surface area contributed by atoms with Crippen LogP contribution in [0.1, 0.15) is 35.2 Å². The van der Waals surface area contributed by atoms with E-state index in [-0.39, 0.29) is 17.7 Å². The van der Waals surface area contributed by atoms with Crippen molar-refractivity contribution in [2.45, 2.75) is 30.7 Å². The summed E-state index contributed by atoms with van der Waals surface area (Å²) >= 11 is 1.64. The van der Waals surface area contributed by atoms with E-state index in [4.69, 9.17) is 9.41 Å². The van der Waals surface area contributed by atoms with E-state index in [9.17, 15) is 5.11 Å². The van der Waals surface area contributed by atoms with Crippen molar-refractivity contribution in [3.63, 3.8) is 0 Å². The van der Waals surface area contributed by atoms with E-state index in [1.807, 2.05) is 42.2 Å². The molecule has 1 fully saturated rings. The van der Waals surface area contributed by atoms with Gasteiger partial charge in [0.1, 0.15) is 5.76 Å². The van der Waals surface area contributed by atoms with Crippen LogP contribution >= 0.6 is 24.2 Å². The molecule has 0 saturated carbocycles. The number of fused-ring (bicyclic) bond motifs is 1. The molecule has 4 rings (SSSR count). The maximum Gasteiger partial charge on any atom is 0.216 e. The summed E-state index contributed by atoms with van der Waals surface area (Å²) < 4.78 is 5.85. The third-order valence-electron chi connectivity index (χ3n) is 4.47. The summed E-state index contributed by atoms with van der Waals surface area (Å²) in [5, 5.41) is 12.5. The van der Waals surface area contributed by atoms with Crippen LogP contribution in [0.25, 0.3) is 0 Å². The number of amidine groups is 1. The molecule has 6 heteroatoms. The molecule has 1 saturated heterocycles. The third kappa shape index (κ3) is 2.75. The average molecular weight is 365 g/mol. The first-order valence-electron chi connectivity index (χ1n) is 8.02. The predicted octanol–water partition coefficient (Wildman–Crippen LogP) is 4.09. The van der Waals surface area contributed by atoms with Crippen molar-refractivity contribution in [1.29, 1.82) is 0 Å². The van der Waals surface area contributed by atoms with Gasteiger partial charge in [-0.05, 0) is 37.5 Å². The second-order valence-corrected chi connectivity index (χ2v) is 7.14. The molecule has 3 heterocycles. The SMILES string of the molecule is Cc1ccc(C2(O)C(c3ccccc3)SC3=NCCCCN32)o1.Cl. The summed E-state index contributed by atoms with van der Waals surface area (Å²) in [5.41, 5.74) is -0.103. The van der Waals surface area contributed by atoms with Gasteiger partial charge in [-0.15, -0.1) is 12.4 Å². The first kappa shape index (κ1) is 17.4. The largest absolute Gasteiger partial charge is 0.461 e. The molecule has 4 nitrogen and oxygen atoms in total. The molecule has 0 aliphatic carbocycles. The first-order chi connectivity index (χ1) is 11.2. The number of aryl methyl sites for hydroxylation is 1. The molecular formula is C18H21ClN2O2S. The number of aliphatic imine (C=N–C) groups is 1. The minimum Gasteiger partial charge on any atom is -0.461 e. The summed E-state index contributed by atoms with van der Waals surface area (Å²) in [6, 6.07) is 13.9. The molecule has 1 aromatic heterocycles. The summed E-state index contributed by atoms with van der Waals surface area (Å²) in [6.07, 6.45) is 2.08. The van der Waals surface area contributed by atoms with E-state index < -0.39 is 5.72 Å². The topological polar surface area (TPSA) is 49.0 Å². The number of hydrogen-bond acceptors (Lipinski definition) is 5. The van der Waals surface area contributed by atoms with Crippen LogP contribution in [-0.2, 0) is 5.72 Å². The van der Waals surface area contributed by atoms with E-state index >= 15 is 0 Å². The normalized spacial score (nSPS) is 26.3.